The second-order valence-corrected chi connectivity index (χ2v) is 5.35. The third kappa shape index (κ3) is 6.87. The molecule has 0 aliphatic heterocycles. The first-order valence-corrected chi connectivity index (χ1v) is 7.09. The number of hydrogen-bond donors (Lipinski definition) is 4. The number of halogens is 8. The first-order valence-electron chi connectivity index (χ1n) is 7.09. The Morgan fingerprint density at radius 3 is 1.03 bits per heavy atom. The predicted octanol–water partition coefficient (Wildman–Crippen LogP) is -10.0. The van der Waals surface area contributed by atoms with Crippen molar-refractivity contribution in [3.8, 4) is 0 Å². The Morgan fingerprint density at radius 2 is 0.875 bits per heavy atom. The van der Waals surface area contributed by atoms with Crippen LogP contribution in [0, 0.1) is 0 Å². The van der Waals surface area contributed by atoms with E-state index in [9.17, 15) is 64.5 Å². The molecule has 2 atom stereocenters. The van der Waals surface area contributed by atoms with Gasteiger partial charge in [-0.05, 0) is 0 Å². The van der Waals surface area contributed by atoms with Crippen LogP contribution in [-0.4, -0.2) is 83.0 Å². The molecule has 20 heteroatoms. The second kappa shape index (κ2) is 12.6. The standard InChI is InChI=1S/C12H12F8N2O8.2Na/c13-9(14,7(29)21-3(1-23)5(25)26)11(17,18)12(19,20)10(15,16)8(30)22-4(2-24)6(27)28;;/h3-4,23-24H,1-2H2,(H,21,29)(H,22,30)(H,25,26)(H,27,28);;/q;2*+1/p-2. The minimum atomic E-state index is -7.38. The zero-order valence-electron chi connectivity index (χ0n) is 15.9. The molecule has 0 aromatic heterocycles. The summed E-state index contributed by atoms with van der Waals surface area (Å²) in [7, 11) is 0. The fourth-order valence-corrected chi connectivity index (χ4v) is 1.54. The van der Waals surface area contributed by atoms with Gasteiger partial charge in [0.25, 0.3) is 11.8 Å². The number of hydrogen-bond acceptors (Lipinski definition) is 8. The smallest absolute Gasteiger partial charge is 0.548 e. The van der Waals surface area contributed by atoms with Crippen LogP contribution in [0.4, 0.5) is 35.1 Å². The van der Waals surface area contributed by atoms with Gasteiger partial charge in [0.15, 0.2) is 0 Å². The minimum Gasteiger partial charge on any atom is -0.548 e. The van der Waals surface area contributed by atoms with Crippen LogP contribution < -0.4 is 80.0 Å². The van der Waals surface area contributed by atoms with Crippen molar-refractivity contribution in [1.82, 2.24) is 10.6 Å². The monoisotopic (exact) mass is 508 g/mol. The first kappa shape index (κ1) is 35.8. The SMILES string of the molecule is O=C([O-])C(CO)NC(=O)C(F)(F)C(F)(F)C(F)(F)C(F)(F)C(=O)NC(CO)C(=O)[O-].[Na+].[Na+]. The summed E-state index contributed by atoms with van der Waals surface area (Å²) in [6, 6.07) is -5.66. The maximum absolute atomic E-state index is 13.6. The van der Waals surface area contributed by atoms with Gasteiger partial charge in [0.1, 0.15) is 0 Å². The Bertz CT molecular complexity index is 655. The topological polar surface area (TPSA) is 179 Å². The summed E-state index contributed by atoms with van der Waals surface area (Å²) in [6.07, 6.45) is 0. The van der Waals surface area contributed by atoms with Crippen molar-refractivity contribution in [2.24, 2.45) is 0 Å². The molecule has 2 amide bonds. The van der Waals surface area contributed by atoms with Gasteiger partial charge >= 0.3 is 82.8 Å². The van der Waals surface area contributed by atoms with Gasteiger partial charge in [-0.1, -0.05) is 0 Å². The number of amides is 2. The molecule has 0 aromatic carbocycles. The number of carboxylic acids is 2. The predicted molar refractivity (Wildman–Crippen MR) is 67.8 cm³/mol. The third-order valence-electron chi connectivity index (χ3n) is 3.30. The van der Waals surface area contributed by atoms with Crippen molar-refractivity contribution in [3.05, 3.63) is 0 Å². The number of aliphatic carboxylic acids is 2. The molecule has 0 bridgehead atoms. The summed E-state index contributed by atoms with van der Waals surface area (Å²) < 4.78 is 109. The number of nitrogens with one attached hydrogen (secondary N) is 2. The van der Waals surface area contributed by atoms with E-state index in [4.69, 9.17) is 10.2 Å². The number of aliphatic hydroxyl groups excluding tert-OH is 2. The average Bonchev–Trinajstić information content (AvgIpc) is 2.62. The van der Waals surface area contributed by atoms with Gasteiger partial charge in [-0.3, -0.25) is 9.59 Å². The van der Waals surface area contributed by atoms with Gasteiger partial charge in [-0.25, -0.2) is 0 Å². The molecule has 0 aliphatic rings. The summed E-state index contributed by atoms with van der Waals surface area (Å²) in [5.41, 5.74) is 0. The summed E-state index contributed by atoms with van der Waals surface area (Å²) in [6.45, 7) is -3.51. The maximum atomic E-state index is 13.6. The van der Waals surface area contributed by atoms with Crippen molar-refractivity contribution in [2.75, 3.05) is 13.2 Å². The number of carboxylic acid groups (broad SMARTS) is 2. The number of carbonyl (C=O) groups excluding carboxylic acids is 4. The molecule has 10 nitrogen and oxygen atoms in total. The fourth-order valence-electron chi connectivity index (χ4n) is 1.54. The van der Waals surface area contributed by atoms with E-state index in [0.29, 0.717) is 10.6 Å². The van der Waals surface area contributed by atoms with E-state index in [0.717, 1.165) is 0 Å². The van der Waals surface area contributed by atoms with Crippen LogP contribution in [0.15, 0.2) is 0 Å². The molecule has 0 saturated heterocycles. The van der Waals surface area contributed by atoms with Crippen molar-refractivity contribution in [2.45, 2.75) is 35.8 Å². The number of rotatable bonds is 11. The third-order valence-corrected chi connectivity index (χ3v) is 3.30. The molecule has 0 fully saturated rings. The average molecular weight is 508 g/mol. The van der Waals surface area contributed by atoms with Crippen LogP contribution in [0.1, 0.15) is 0 Å². The van der Waals surface area contributed by atoms with Gasteiger partial charge in [0.2, 0.25) is 0 Å². The molecular weight excluding hydrogens is 498 g/mol. The molecule has 0 spiro atoms. The van der Waals surface area contributed by atoms with E-state index in [2.05, 4.69) is 0 Å². The van der Waals surface area contributed by atoms with Gasteiger partial charge in [0, 0.05) is 0 Å². The Morgan fingerprint density at radius 1 is 0.656 bits per heavy atom. The Hall–Kier alpha value is -0.760. The van der Waals surface area contributed by atoms with Crippen LogP contribution in [0.25, 0.3) is 0 Å². The van der Waals surface area contributed by atoms with Crippen LogP contribution in [0.5, 0.6) is 0 Å². The van der Waals surface area contributed by atoms with Gasteiger partial charge in [-0.15, -0.1) is 0 Å². The van der Waals surface area contributed by atoms with E-state index in [1.54, 1.807) is 0 Å². The van der Waals surface area contributed by atoms with Crippen molar-refractivity contribution in [3.63, 3.8) is 0 Å². The van der Waals surface area contributed by atoms with Crippen molar-refractivity contribution < 1.29 is 134 Å². The maximum Gasteiger partial charge on any atom is 1.00 e. The molecule has 0 rings (SSSR count). The second-order valence-electron chi connectivity index (χ2n) is 5.35. The first-order chi connectivity index (χ1) is 13.3. The molecular formula is C12H10F8N2Na2O8. The fraction of sp³-hybridized carbons (Fsp3) is 0.667. The summed E-state index contributed by atoms with van der Waals surface area (Å²) in [4.78, 5) is 42.9. The van der Waals surface area contributed by atoms with E-state index in [1.165, 1.54) is 0 Å². The van der Waals surface area contributed by atoms with E-state index < -0.39 is 72.7 Å². The molecule has 0 heterocycles. The molecule has 0 saturated carbocycles. The zero-order valence-corrected chi connectivity index (χ0v) is 19.9. The number of aliphatic hydroxyl groups is 2. The Kier molecular flexibility index (Phi) is 14.1. The largest absolute Gasteiger partial charge is 1.00 e. The van der Waals surface area contributed by atoms with Crippen LogP contribution in [0.3, 0.4) is 0 Å². The normalized spacial score (nSPS) is 14.2. The van der Waals surface area contributed by atoms with Crippen LogP contribution in [0.2, 0.25) is 0 Å². The Labute approximate surface area is 216 Å². The molecule has 0 radical (unpaired) electrons. The Balaban J connectivity index is -0.00000420. The molecule has 2 unspecified atom stereocenters. The van der Waals surface area contributed by atoms with Gasteiger partial charge in [-0.2, -0.15) is 35.1 Å². The minimum absolute atomic E-state index is 0. The zero-order chi connectivity index (χ0) is 24.3. The molecule has 0 aromatic rings. The van der Waals surface area contributed by atoms with Crippen molar-refractivity contribution in [1.29, 1.82) is 0 Å². The molecule has 4 N–H and O–H groups in total. The number of carbonyl (C=O) groups is 4. The summed E-state index contributed by atoms with van der Waals surface area (Å²) >= 11 is 0. The molecule has 174 valence electrons. The van der Waals surface area contributed by atoms with Gasteiger partial charge < -0.3 is 40.6 Å². The van der Waals surface area contributed by atoms with Gasteiger partial charge in [0.05, 0.1) is 37.2 Å². The van der Waals surface area contributed by atoms with Crippen LogP contribution >= 0.6 is 0 Å². The van der Waals surface area contributed by atoms with E-state index in [1.807, 2.05) is 0 Å². The van der Waals surface area contributed by atoms with E-state index in [-0.39, 0.29) is 59.1 Å². The number of alkyl halides is 8. The van der Waals surface area contributed by atoms with E-state index >= 15 is 0 Å². The van der Waals surface area contributed by atoms with Crippen molar-refractivity contribution >= 4 is 23.8 Å². The quantitative estimate of drug-likeness (QED) is 0.157. The molecule has 32 heavy (non-hydrogen) atoms. The summed E-state index contributed by atoms with van der Waals surface area (Å²) in [5, 5.41) is 38.5. The summed E-state index contributed by atoms with van der Waals surface area (Å²) in [5.74, 6) is -40.6. The van der Waals surface area contributed by atoms with Crippen LogP contribution in [-0.2, 0) is 19.2 Å². The molecule has 0 aliphatic carbocycles.